The normalized spacial score (nSPS) is 11.8. The molecule has 1 heterocycles. The number of carbonyl (C=O) groups is 1. The van der Waals surface area contributed by atoms with Crippen molar-refractivity contribution in [3.8, 4) is 0 Å². The Bertz CT molecular complexity index is 626. The lowest BCUT2D eigenvalue weighted by molar-refractivity contribution is -0.118. The Morgan fingerprint density at radius 3 is 2.38 bits per heavy atom. The van der Waals surface area contributed by atoms with Gasteiger partial charge in [-0.2, -0.15) is 4.31 Å². The zero-order chi connectivity index (χ0) is 16.2. The smallest absolute Gasteiger partial charge is 0.245 e. The highest BCUT2D eigenvalue weighted by atomic mass is 32.2. The lowest BCUT2D eigenvalue weighted by Gasteiger charge is -2.22. The van der Waals surface area contributed by atoms with Crippen LogP contribution in [0.1, 0.15) is 19.5 Å². The van der Waals surface area contributed by atoms with E-state index in [0.717, 1.165) is 10.5 Å². The van der Waals surface area contributed by atoms with Crippen molar-refractivity contribution in [1.82, 2.24) is 9.29 Å². The third-order valence-electron chi connectivity index (χ3n) is 2.53. The number of amides is 1. The van der Waals surface area contributed by atoms with Crippen molar-refractivity contribution in [2.45, 2.75) is 18.7 Å². The van der Waals surface area contributed by atoms with Crippen LogP contribution < -0.4 is 11.5 Å². The molecule has 21 heavy (non-hydrogen) atoms. The summed E-state index contributed by atoms with van der Waals surface area (Å²) in [6.45, 7) is 3.50. The Balaban J connectivity index is 3.15. The van der Waals surface area contributed by atoms with E-state index in [1.165, 1.54) is 12.1 Å². The van der Waals surface area contributed by atoms with Gasteiger partial charge in [-0.1, -0.05) is 26.1 Å². The molecule has 116 valence electrons. The molecule has 1 aromatic heterocycles. The number of hydrogen-bond donors (Lipinski definition) is 2. The highest BCUT2D eigenvalue weighted by molar-refractivity contribution is 7.89. The van der Waals surface area contributed by atoms with Crippen LogP contribution in [0.2, 0.25) is 0 Å². The summed E-state index contributed by atoms with van der Waals surface area (Å²) in [6, 6.07) is 2.78. The monoisotopic (exact) mass is 330 g/mol. The molecule has 0 aliphatic rings. The quantitative estimate of drug-likeness (QED) is 0.671. The molecule has 1 aromatic rings. The van der Waals surface area contributed by atoms with Crippen LogP contribution in [0.3, 0.4) is 0 Å². The molecule has 0 spiro atoms. The van der Waals surface area contributed by atoms with Gasteiger partial charge >= 0.3 is 0 Å². The molecular formula is C12H18N4O3S2. The van der Waals surface area contributed by atoms with Crippen molar-refractivity contribution in [2.75, 3.05) is 13.1 Å². The van der Waals surface area contributed by atoms with E-state index < -0.39 is 15.9 Å². The van der Waals surface area contributed by atoms with Crippen LogP contribution in [0.15, 0.2) is 23.2 Å². The Hall–Kier alpha value is -1.58. The van der Waals surface area contributed by atoms with Gasteiger partial charge in [0.1, 0.15) is 9.88 Å². The second-order valence-corrected chi connectivity index (χ2v) is 7.28. The van der Waals surface area contributed by atoms with Crippen LogP contribution >= 0.6 is 12.2 Å². The topological polar surface area (TPSA) is 119 Å². The molecule has 0 aromatic carbocycles. The second-order valence-electron chi connectivity index (χ2n) is 4.90. The van der Waals surface area contributed by atoms with Crippen molar-refractivity contribution in [3.05, 3.63) is 24.0 Å². The molecule has 4 N–H and O–H groups in total. The minimum Gasteiger partial charge on any atom is -0.388 e. The summed E-state index contributed by atoms with van der Waals surface area (Å²) in [4.78, 5) is 15.0. The number of carbonyl (C=O) groups excluding carboxylic acids is 1. The van der Waals surface area contributed by atoms with Gasteiger partial charge in [-0.3, -0.25) is 9.78 Å². The van der Waals surface area contributed by atoms with E-state index in [2.05, 4.69) is 4.98 Å². The fraction of sp³-hybridized carbons (Fsp3) is 0.417. The molecule has 1 amide bonds. The number of thiocarbonyl (C=S) groups is 1. The van der Waals surface area contributed by atoms with E-state index in [0.29, 0.717) is 5.69 Å². The largest absolute Gasteiger partial charge is 0.388 e. The van der Waals surface area contributed by atoms with E-state index in [-0.39, 0.29) is 28.9 Å². The lowest BCUT2D eigenvalue weighted by Crippen LogP contribution is -2.40. The molecule has 0 radical (unpaired) electrons. The molecule has 0 saturated carbocycles. The summed E-state index contributed by atoms with van der Waals surface area (Å²) in [6.07, 6.45) is 1.16. The highest BCUT2D eigenvalue weighted by Crippen LogP contribution is 2.16. The van der Waals surface area contributed by atoms with Gasteiger partial charge in [0.15, 0.2) is 0 Å². The number of pyridine rings is 1. The molecule has 0 bridgehead atoms. The summed E-state index contributed by atoms with van der Waals surface area (Å²) in [5.74, 6) is -0.671. The number of hydrogen-bond acceptors (Lipinski definition) is 5. The Morgan fingerprint density at radius 1 is 1.38 bits per heavy atom. The standard InChI is InChI=1S/C12H18N4O3S2/c1-8(2)6-16(7-11(13)17)21(18,19)9-3-4-10(12(14)20)15-5-9/h3-5,8H,6-7H2,1-2H3,(H2,13,17)(H2,14,20). The van der Waals surface area contributed by atoms with Crippen LogP contribution in [0.25, 0.3) is 0 Å². The number of sulfonamides is 1. The number of rotatable bonds is 7. The molecule has 0 saturated heterocycles. The van der Waals surface area contributed by atoms with Gasteiger partial charge in [-0.25, -0.2) is 8.42 Å². The third-order valence-corrected chi connectivity index (χ3v) is 4.53. The first-order valence-electron chi connectivity index (χ1n) is 6.19. The van der Waals surface area contributed by atoms with E-state index in [4.69, 9.17) is 23.7 Å². The Labute approximate surface area is 129 Å². The molecular weight excluding hydrogens is 312 g/mol. The SMILES string of the molecule is CC(C)CN(CC(N)=O)S(=O)(=O)c1ccc(C(N)=S)nc1. The molecule has 0 unspecified atom stereocenters. The summed E-state index contributed by atoms with van der Waals surface area (Å²) < 4.78 is 26.0. The number of aromatic nitrogens is 1. The van der Waals surface area contributed by atoms with Crippen LogP contribution in [0.4, 0.5) is 0 Å². The van der Waals surface area contributed by atoms with E-state index in [9.17, 15) is 13.2 Å². The van der Waals surface area contributed by atoms with Gasteiger partial charge in [0.2, 0.25) is 15.9 Å². The van der Waals surface area contributed by atoms with Crippen molar-refractivity contribution in [1.29, 1.82) is 0 Å². The van der Waals surface area contributed by atoms with Crippen molar-refractivity contribution in [3.63, 3.8) is 0 Å². The van der Waals surface area contributed by atoms with Crippen LogP contribution in [-0.4, -0.2) is 41.7 Å². The average Bonchev–Trinajstić information content (AvgIpc) is 2.37. The summed E-state index contributed by atoms with van der Waals surface area (Å²) in [7, 11) is -3.85. The van der Waals surface area contributed by atoms with Crippen LogP contribution in [0, 0.1) is 5.92 Å². The predicted octanol–water partition coefficient (Wildman–Crippen LogP) is -0.152. The fourth-order valence-corrected chi connectivity index (χ4v) is 3.29. The highest BCUT2D eigenvalue weighted by Gasteiger charge is 2.27. The first kappa shape index (κ1) is 17.5. The summed E-state index contributed by atoms with van der Waals surface area (Å²) >= 11 is 4.76. The van der Waals surface area contributed by atoms with Gasteiger partial charge in [0, 0.05) is 12.7 Å². The van der Waals surface area contributed by atoms with Crippen molar-refractivity contribution < 1.29 is 13.2 Å². The van der Waals surface area contributed by atoms with Gasteiger partial charge in [-0.05, 0) is 18.1 Å². The zero-order valence-electron chi connectivity index (χ0n) is 11.8. The summed E-state index contributed by atoms with van der Waals surface area (Å²) in [5.41, 5.74) is 10.9. The number of nitrogens with two attached hydrogens (primary N) is 2. The zero-order valence-corrected chi connectivity index (χ0v) is 13.4. The van der Waals surface area contributed by atoms with E-state index >= 15 is 0 Å². The molecule has 0 atom stereocenters. The van der Waals surface area contributed by atoms with Gasteiger partial charge < -0.3 is 11.5 Å². The van der Waals surface area contributed by atoms with Crippen LogP contribution in [0.5, 0.6) is 0 Å². The predicted molar refractivity (Wildman–Crippen MR) is 82.9 cm³/mol. The first-order valence-corrected chi connectivity index (χ1v) is 8.03. The van der Waals surface area contributed by atoms with Gasteiger partial charge in [0.05, 0.1) is 12.2 Å². The third kappa shape index (κ3) is 4.73. The maximum atomic E-state index is 12.5. The Morgan fingerprint density at radius 2 is 2.00 bits per heavy atom. The number of nitrogens with zero attached hydrogens (tertiary/aromatic N) is 2. The second kappa shape index (κ2) is 6.92. The van der Waals surface area contributed by atoms with Crippen molar-refractivity contribution in [2.24, 2.45) is 17.4 Å². The average molecular weight is 330 g/mol. The van der Waals surface area contributed by atoms with Gasteiger partial charge in [0.25, 0.3) is 0 Å². The molecule has 0 fully saturated rings. The van der Waals surface area contributed by atoms with E-state index in [1.54, 1.807) is 0 Å². The maximum absolute atomic E-state index is 12.5. The molecule has 0 aliphatic carbocycles. The fourth-order valence-electron chi connectivity index (χ4n) is 1.66. The van der Waals surface area contributed by atoms with Crippen LogP contribution in [-0.2, 0) is 14.8 Å². The molecule has 1 rings (SSSR count). The first-order chi connectivity index (χ1) is 9.64. The Kier molecular flexibility index (Phi) is 5.76. The number of primary amides is 1. The van der Waals surface area contributed by atoms with Crippen molar-refractivity contribution >= 4 is 33.1 Å². The summed E-state index contributed by atoms with van der Waals surface area (Å²) in [5, 5.41) is 0. The molecule has 0 aliphatic heterocycles. The minimum atomic E-state index is -3.85. The molecule has 7 nitrogen and oxygen atoms in total. The maximum Gasteiger partial charge on any atom is 0.245 e. The van der Waals surface area contributed by atoms with E-state index in [1.807, 2.05) is 13.8 Å². The minimum absolute atomic E-state index is 0.0376. The molecule has 9 heteroatoms. The van der Waals surface area contributed by atoms with Gasteiger partial charge in [-0.15, -0.1) is 0 Å². The lowest BCUT2D eigenvalue weighted by atomic mass is 10.2.